The van der Waals surface area contributed by atoms with Crippen LogP contribution in [-0.2, 0) is 13.5 Å². The number of hydrogen-bond donors (Lipinski definition) is 1. The summed E-state index contributed by atoms with van der Waals surface area (Å²) in [4.78, 5) is 0. The van der Waals surface area contributed by atoms with Crippen molar-refractivity contribution in [3.8, 4) is 17.0 Å². The van der Waals surface area contributed by atoms with E-state index in [1.807, 2.05) is 60.3 Å². The summed E-state index contributed by atoms with van der Waals surface area (Å²) in [7, 11) is 1.94. The van der Waals surface area contributed by atoms with Crippen LogP contribution in [0.3, 0.4) is 0 Å². The van der Waals surface area contributed by atoms with E-state index < -0.39 is 0 Å². The van der Waals surface area contributed by atoms with Gasteiger partial charge in [0.2, 0.25) is 0 Å². The molecule has 0 aliphatic heterocycles. The lowest BCUT2D eigenvalue weighted by molar-refractivity contribution is 0.323. The van der Waals surface area contributed by atoms with Crippen molar-refractivity contribution in [2.75, 3.05) is 11.9 Å². The van der Waals surface area contributed by atoms with Gasteiger partial charge in [0, 0.05) is 30.4 Å². The molecule has 0 saturated heterocycles. The molecule has 0 atom stereocenters. The third-order valence-corrected chi connectivity index (χ3v) is 5.26. The van der Waals surface area contributed by atoms with Gasteiger partial charge >= 0.3 is 0 Å². The van der Waals surface area contributed by atoms with E-state index in [1.165, 1.54) is 5.56 Å². The van der Waals surface area contributed by atoms with Gasteiger partial charge in [0.15, 0.2) is 0 Å². The number of halogens is 1. The van der Waals surface area contributed by atoms with Gasteiger partial charge in [-0.05, 0) is 51.8 Å². The van der Waals surface area contributed by atoms with Crippen molar-refractivity contribution in [1.29, 1.82) is 0 Å². The monoisotopic (exact) mass is 447 g/mol. The zero-order valence-corrected chi connectivity index (χ0v) is 17.8. The SMILES string of the molecule is Cn1ncc(Br)c1-c1cc(Nc2ccccc2)ccc1OCCc1ccccc1. The van der Waals surface area contributed by atoms with E-state index in [0.717, 1.165) is 39.3 Å². The molecule has 1 heterocycles. The lowest BCUT2D eigenvalue weighted by Crippen LogP contribution is -2.04. The number of ether oxygens (including phenoxy) is 1. The summed E-state index contributed by atoms with van der Waals surface area (Å²) in [5.74, 6) is 0.837. The van der Waals surface area contributed by atoms with Crippen LogP contribution in [0.1, 0.15) is 5.56 Å². The van der Waals surface area contributed by atoms with E-state index in [2.05, 4.69) is 56.7 Å². The molecule has 0 aliphatic rings. The Morgan fingerprint density at radius 2 is 1.66 bits per heavy atom. The number of anilines is 2. The molecule has 1 aromatic heterocycles. The predicted molar refractivity (Wildman–Crippen MR) is 122 cm³/mol. The van der Waals surface area contributed by atoms with E-state index in [-0.39, 0.29) is 0 Å². The maximum atomic E-state index is 6.19. The van der Waals surface area contributed by atoms with Crippen LogP contribution in [0.4, 0.5) is 11.4 Å². The third kappa shape index (κ3) is 4.69. The molecule has 4 aromatic rings. The minimum Gasteiger partial charge on any atom is -0.493 e. The van der Waals surface area contributed by atoms with Gasteiger partial charge in [0.05, 0.1) is 23.0 Å². The second-order valence-corrected chi connectivity index (χ2v) is 7.61. The summed E-state index contributed by atoms with van der Waals surface area (Å²) >= 11 is 3.62. The van der Waals surface area contributed by atoms with Crippen LogP contribution in [-0.4, -0.2) is 16.4 Å². The molecule has 0 amide bonds. The molecule has 0 unspecified atom stereocenters. The summed E-state index contributed by atoms with van der Waals surface area (Å²) < 4.78 is 8.98. The van der Waals surface area contributed by atoms with E-state index in [9.17, 15) is 0 Å². The maximum Gasteiger partial charge on any atom is 0.128 e. The highest BCUT2D eigenvalue weighted by Gasteiger charge is 2.15. The number of rotatable bonds is 7. The van der Waals surface area contributed by atoms with Gasteiger partial charge in [0.1, 0.15) is 5.75 Å². The third-order valence-electron chi connectivity index (χ3n) is 4.68. The molecule has 29 heavy (non-hydrogen) atoms. The molecule has 4 nitrogen and oxygen atoms in total. The standard InChI is InChI=1S/C24H22BrN3O/c1-28-24(22(25)17-26-28)21-16-20(27-19-10-6-3-7-11-19)12-13-23(21)29-15-14-18-8-4-2-5-9-18/h2-13,16-17,27H,14-15H2,1H3. The predicted octanol–water partition coefficient (Wildman–Crippen LogP) is 6.21. The van der Waals surface area contributed by atoms with Crippen LogP contribution in [0.25, 0.3) is 11.3 Å². The molecule has 146 valence electrons. The first-order chi connectivity index (χ1) is 14.2. The second kappa shape index (κ2) is 8.97. The Balaban J connectivity index is 1.61. The van der Waals surface area contributed by atoms with Gasteiger partial charge in [0.25, 0.3) is 0 Å². The van der Waals surface area contributed by atoms with Crippen molar-refractivity contribution < 1.29 is 4.74 Å². The van der Waals surface area contributed by atoms with Gasteiger partial charge in [-0.2, -0.15) is 5.10 Å². The fourth-order valence-corrected chi connectivity index (χ4v) is 3.81. The molecule has 0 bridgehead atoms. The topological polar surface area (TPSA) is 39.1 Å². The fourth-order valence-electron chi connectivity index (χ4n) is 3.24. The van der Waals surface area contributed by atoms with Crippen molar-refractivity contribution in [3.63, 3.8) is 0 Å². The van der Waals surface area contributed by atoms with Gasteiger partial charge in [-0.15, -0.1) is 0 Å². The van der Waals surface area contributed by atoms with Gasteiger partial charge in [-0.3, -0.25) is 4.68 Å². The van der Waals surface area contributed by atoms with Crippen LogP contribution >= 0.6 is 15.9 Å². The van der Waals surface area contributed by atoms with Crippen molar-refractivity contribution >= 4 is 27.3 Å². The summed E-state index contributed by atoms with van der Waals surface area (Å²) in [6, 6.07) is 26.7. The Bertz CT molecular complexity index is 1060. The maximum absolute atomic E-state index is 6.19. The van der Waals surface area contributed by atoms with Gasteiger partial charge in [-0.1, -0.05) is 48.5 Å². The molecular formula is C24H22BrN3O. The average molecular weight is 448 g/mol. The largest absolute Gasteiger partial charge is 0.493 e. The normalized spacial score (nSPS) is 10.7. The van der Waals surface area contributed by atoms with Crippen LogP contribution in [0, 0.1) is 0 Å². The highest BCUT2D eigenvalue weighted by molar-refractivity contribution is 9.10. The number of aryl methyl sites for hydroxylation is 1. The summed E-state index contributed by atoms with van der Waals surface area (Å²) in [5, 5.41) is 7.82. The highest BCUT2D eigenvalue weighted by Crippen LogP contribution is 2.37. The Hall–Kier alpha value is -3.05. The molecule has 0 saturated carbocycles. The smallest absolute Gasteiger partial charge is 0.128 e. The highest BCUT2D eigenvalue weighted by atomic mass is 79.9. The summed E-state index contributed by atoms with van der Waals surface area (Å²) in [6.07, 6.45) is 2.66. The lowest BCUT2D eigenvalue weighted by atomic mass is 10.1. The number of nitrogens with zero attached hydrogens (tertiary/aromatic N) is 2. The molecule has 4 rings (SSSR count). The van der Waals surface area contributed by atoms with E-state index in [4.69, 9.17) is 4.74 Å². The molecular weight excluding hydrogens is 426 g/mol. The summed E-state index contributed by atoms with van der Waals surface area (Å²) in [5.41, 5.74) is 5.27. The molecule has 0 aliphatic carbocycles. The Labute approximate surface area is 179 Å². The van der Waals surface area contributed by atoms with Gasteiger partial charge < -0.3 is 10.1 Å². The van der Waals surface area contributed by atoms with Crippen molar-refractivity contribution in [2.24, 2.45) is 7.05 Å². The van der Waals surface area contributed by atoms with Crippen molar-refractivity contribution in [3.05, 3.63) is 95.1 Å². The first kappa shape index (κ1) is 19.3. The van der Waals surface area contributed by atoms with Crippen molar-refractivity contribution in [2.45, 2.75) is 6.42 Å². The molecule has 0 radical (unpaired) electrons. The first-order valence-corrected chi connectivity index (χ1v) is 10.3. The molecule has 5 heteroatoms. The molecule has 1 N–H and O–H groups in total. The van der Waals surface area contributed by atoms with Crippen LogP contribution < -0.4 is 10.1 Å². The summed E-state index contributed by atoms with van der Waals surface area (Å²) in [6.45, 7) is 0.609. The van der Waals surface area contributed by atoms with Crippen LogP contribution in [0.5, 0.6) is 5.75 Å². The Morgan fingerprint density at radius 3 is 2.34 bits per heavy atom. The quantitative estimate of drug-likeness (QED) is 0.365. The molecule has 3 aromatic carbocycles. The van der Waals surface area contributed by atoms with E-state index >= 15 is 0 Å². The minimum atomic E-state index is 0.609. The average Bonchev–Trinajstić information content (AvgIpc) is 3.08. The number of benzene rings is 3. The molecule has 0 spiro atoms. The van der Waals surface area contributed by atoms with E-state index in [1.54, 1.807) is 6.20 Å². The Kier molecular flexibility index (Phi) is 5.96. The van der Waals surface area contributed by atoms with Crippen molar-refractivity contribution in [1.82, 2.24) is 9.78 Å². The zero-order chi connectivity index (χ0) is 20.1. The number of aromatic nitrogens is 2. The van der Waals surface area contributed by atoms with Crippen LogP contribution in [0.15, 0.2) is 89.5 Å². The van der Waals surface area contributed by atoms with Crippen LogP contribution in [0.2, 0.25) is 0 Å². The lowest BCUT2D eigenvalue weighted by Gasteiger charge is -2.15. The first-order valence-electron chi connectivity index (χ1n) is 9.51. The second-order valence-electron chi connectivity index (χ2n) is 6.75. The number of hydrogen-bond acceptors (Lipinski definition) is 3. The molecule has 0 fully saturated rings. The minimum absolute atomic E-state index is 0.609. The number of para-hydroxylation sites is 1. The van der Waals surface area contributed by atoms with Gasteiger partial charge in [-0.25, -0.2) is 0 Å². The number of nitrogens with one attached hydrogen (secondary N) is 1. The Morgan fingerprint density at radius 1 is 0.931 bits per heavy atom. The van der Waals surface area contributed by atoms with E-state index in [0.29, 0.717) is 6.61 Å². The fraction of sp³-hybridized carbons (Fsp3) is 0.125. The zero-order valence-electron chi connectivity index (χ0n) is 16.2.